The molecule has 1 aromatic carbocycles. The first-order valence-corrected chi connectivity index (χ1v) is 9.33. The summed E-state index contributed by atoms with van der Waals surface area (Å²) in [5.41, 5.74) is 2.69. The Bertz CT molecular complexity index is 704. The normalized spacial score (nSPS) is 18.3. The van der Waals surface area contributed by atoms with E-state index in [0.717, 1.165) is 47.6 Å². The number of piperidine rings is 1. The predicted molar refractivity (Wildman–Crippen MR) is 94.6 cm³/mol. The van der Waals surface area contributed by atoms with Gasteiger partial charge in [-0.15, -0.1) is 0 Å². The van der Waals surface area contributed by atoms with Crippen LogP contribution >= 0.6 is 11.8 Å². The zero-order valence-corrected chi connectivity index (χ0v) is 14.6. The van der Waals surface area contributed by atoms with Crippen molar-refractivity contribution in [1.82, 2.24) is 14.9 Å². The number of rotatable bonds is 4. The van der Waals surface area contributed by atoms with E-state index in [0.29, 0.717) is 11.8 Å². The molecule has 2 aromatic rings. The molecule has 1 aromatic heterocycles. The Kier molecular flexibility index (Phi) is 5.16. The Labute approximate surface area is 141 Å². The molecule has 1 amide bonds. The standard InChI is InChI=1S/C18H23N3OS/c1-3-14-8-6-7-11-21(14)17(22)12-23-18-13(2)19-15-9-4-5-10-16(15)20-18/h4-5,9-10,14H,3,6-8,11-12H2,1-2H3. The van der Waals surface area contributed by atoms with E-state index in [9.17, 15) is 4.79 Å². The van der Waals surface area contributed by atoms with Crippen molar-refractivity contribution in [3.63, 3.8) is 0 Å². The van der Waals surface area contributed by atoms with E-state index in [-0.39, 0.29) is 5.91 Å². The number of para-hydroxylation sites is 2. The average Bonchev–Trinajstić information content (AvgIpc) is 2.59. The molecule has 1 fully saturated rings. The number of nitrogens with zero attached hydrogens (tertiary/aromatic N) is 3. The van der Waals surface area contributed by atoms with Crippen molar-refractivity contribution in [1.29, 1.82) is 0 Å². The molecule has 1 atom stereocenters. The molecule has 1 unspecified atom stereocenters. The quantitative estimate of drug-likeness (QED) is 0.800. The van der Waals surface area contributed by atoms with Crippen molar-refractivity contribution in [3.05, 3.63) is 30.0 Å². The van der Waals surface area contributed by atoms with Gasteiger partial charge in [0.05, 0.1) is 22.5 Å². The third-order valence-electron chi connectivity index (χ3n) is 4.45. The fourth-order valence-corrected chi connectivity index (χ4v) is 4.02. The monoisotopic (exact) mass is 329 g/mol. The largest absolute Gasteiger partial charge is 0.339 e. The molecular formula is C18H23N3OS. The summed E-state index contributed by atoms with van der Waals surface area (Å²) in [4.78, 5) is 23.9. The lowest BCUT2D eigenvalue weighted by atomic mass is 10.0. The van der Waals surface area contributed by atoms with Crippen molar-refractivity contribution in [2.75, 3.05) is 12.3 Å². The Hall–Kier alpha value is -1.62. The third-order valence-corrected chi connectivity index (χ3v) is 5.50. The number of thioether (sulfide) groups is 1. The van der Waals surface area contributed by atoms with Crippen molar-refractivity contribution in [2.24, 2.45) is 0 Å². The molecule has 2 heterocycles. The van der Waals surface area contributed by atoms with Crippen LogP contribution in [-0.4, -0.2) is 39.1 Å². The molecular weight excluding hydrogens is 306 g/mol. The molecule has 5 heteroatoms. The number of fused-ring (bicyclic) bond motifs is 1. The van der Waals surface area contributed by atoms with Gasteiger partial charge >= 0.3 is 0 Å². The highest BCUT2D eigenvalue weighted by molar-refractivity contribution is 7.99. The molecule has 23 heavy (non-hydrogen) atoms. The smallest absolute Gasteiger partial charge is 0.233 e. The van der Waals surface area contributed by atoms with E-state index in [4.69, 9.17) is 0 Å². The maximum atomic E-state index is 12.6. The number of aromatic nitrogens is 2. The van der Waals surface area contributed by atoms with Crippen LogP contribution in [0.15, 0.2) is 29.3 Å². The molecule has 1 saturated heterocycles. The highest BCUT2D eigenvalue weighted by Gasteiger charge is 2.25. The van der Waals surface area contributed by atoms with Gasteiger partial charge in [0.1, 0.15) is 5.03 Å². The van der Waals surface area contributed by atoms with Gasteiger partial charge < -0.3 is 4.90 Å². The lowest BCUT2D eigenvalue weighted by Gasteiger charge is -2.35. The predicted octanol–water partition coefficient (Wildman–Crippen LogP) is 3.82. The second kappa shape index (κ2) is 7.30. The van der Waals surface area contributed by atoms with Gasteiger partial charge in [0.25, 0.3) is 0 Å². The Morgan fingerprint density at radius 2 is 2.00 bits per heavy atom. The number of benzene rings is 1. The molecule has 4 nitrogen and oxygen atoms in total. The average molecular weight is 329 g/mol. The first-order valence-electron chi connectivity index (χ1n) is 8.34. The lowest BCUT2D eigenvalue weighted by Crippen LogP contribution is -2.44. The third kappa shape index (κ3) is 3.66. The fourth-order valence-electron chi connectivity index (χ4n) is 3.18. The van der Waals surface area contributed by atoms with Crippen LogP contribution in [0.5, 0.6) is 0 Å². The summed E-state index contributed by atoms with van der Waals surface area (Å²) in [5.74, 6) is 0.681. The van der Waals surface area contributed by atoms with Gasteiger partial charge in [0, 0.05) is 12.6 Å². The molecule has 3 rings (SSSR count). The van der Waals surface area contributed by atoms with Crippen molar-refractivity contribution in [3.8, 4) is 0 Å². The summed E-state index contributed by atoms with van der Waals surface area (Å²) in [6.07, 6.45) is 4.55. The Morgan fingerprint density at radius 3 is 2.74 bits per heavy atom. The van der Waals surface area contributed by atoms with E-state index in [1.807, 2.05) is 31.2 Å². The molecule has 0 aliphatic carbocycles. The van der Waals surface area contributed by atoms with Crippen molar-refractivity contribution in [2.45, 2.75) is 50.6 Å². The van der Waals surface area contributed by atoms with Gasteiger partial charge in [-0.25, -0.2) is 9.97 Å². The van der Waals surface area contributed by atoms with E-state index < -0.39 is 0 Å². The number of carbonyl (C=O) groups is 1. The summed E-state index contributed by atoms with van der Waals surface area (Å²) < 4.78 is 0. The Morgan fingerprint density at radius 1 is 1.26 bits per heavy atom. The summed E-state index contributed by atoms with van der Waals surface area (Å²) in [7, 11) is 0. The van der Waals surface area contributed by atoms with Crippen LogP contribution in [0.4, 0.5) is 0 Å². The summed E-state index contributed by atoms with van der Waals surface area (Å²) >= 11 is 1.51. The highest BCUT2D eigenvalue weighted by Crippen LogP contribution is 2.25. The molecule has 0 saturated carbocycles. The van der Waals surface area contributed by atoms with E-state index >= 15 is 0 Å². The molecule has 0 N–H and O–H groups in total. The zero-order valence-electron chi connectivity index (χ0n) is 13.8. The number of aryl methyl sites for hydroxylation is 1. The van der Waals surface area contributed by atoms with E-state index in [1.54, 1.807) is 0 Å². The maximum absolute atomic E-state index is 12.6. The van der Waals surface area contributed by atoms with Crippen LogP contribution in [0, 0.1) is 6.92 Å². The first kappa shape index (κ1) is 16.2. The number of amides is 1. The van der Waals surface area contributed by atoms with E-state index in [2.05, 4.69) is 21.8 Å². The van der Waals surface area contributed by atoms with Gasteiger partial charge in [-0.05, 0) is 44.7 Å². The van der Waals surface area contributed by atoms with Gasteiger partial charge in [-0.1, -0.05) is 30.8 Å². The number of hydrogen-bond acceptors (Lipinski definition) is 4. The van der Waals surface area contributed by atoms with Gasteiger partial charge in [0.15, 0.2) is 0 Å². The van der Waals surface area contributed by atoms with Crippen LogP contribution in [0.25, 0.3) is 11.0 Å². The summed E-state index contributed by atoms with van der Waals surface area (Å²) in [5, 5.41) is 0.863. The maximum Gasteiger partial charge on any atom is 0.233 e. The number of likely N-dealkylation sites (tertiary alicyclic amines) is 1. The van der Waals surface area contributed by atoms with Crippen LogP contribution in [-0.2, 0) is 4.79 Å². The second-order valence-corrected chi connectivity index (χ2v) is 7.00. The fraction of sp³-hybridized carbons (Fsp3) is 0.500. The van der Waals surface area contributed by atoms with Gasteiger partial charge in [-0.3, -0.25) is 4.79 Å². The molecule has 1 aliphatic heterocycles. The van der Waals surface area contributed by atoms with Crippen LogP contribution in [0.1, 0.15) is 38.3 Å². The van der Waals surface area contributed by atoms with Crippen LogP contribution in [0.3, 0.4) is 0 Å². The zero-order chi connectivity index (χ0) is 16.2. The molecule has 1 aliphatic rings. The summed E-state index contributed by atoms with van der Waals surface area (Å²) in [6.45, 7) is 5.03. The SMILES string of the molecule is CCC1CCCCN1C(=O)CSc1nc2ccccc2nc1C. The van der Waals surface area contributed by atoms with Crippen LogP contribution < -0.4 is 0 Å². The first-order chi connectivity index (χ1) is 11.2. The molecule has 0 bridgehead atoms. The van der Waals surface area contributed by atoms with E-state index in [1.165, 1.54) is 18.2 Å². The Balaban J connectivity index is 1.70. The highest BCUT2D eigenvalue weighted by atomic mass is 32.2. The minimum atomic E-state index is 0.232. The minimum absolute atomic E-state index is 0.232. The lowest BCUT2D eigenvalue weighted by molar-refractivity contribution is -0.132. The van der Waals surface area contributed by atoms with Crippen LogP contribution in [0.2, 0.25) is 0 Å². The summed E-state index contributed by atoms with van der Waals surface area (Å²) in [6, 6.07) is 8.28. The second-order valence-electron chi connectivity index (χ2n) is 6.04. The number of carbonyl (C=O) groups excluding carboxylic acids is 1. The van der Waals surface area contributed by atoms with Gasteiger partial charge in [-0.2, -0.15) is 0 Å². The van der Waals surface area contributed by atoms with Crippen molar-refractivity contribution < 1.29 is 4.79 Å². The van der Waals surface area contributed by atoms with Gasteiger partial charge in [0.2, 0.25) is 5.91 Å². The topological polar surface area (TPSA) is 46.1 Å². The minimum Gasteiger partial charge on any atom is -0.339 e. The number of hydrogen-bond donors (Lipinski definition) is 0. The molecule has 0 spiro atoms. The molecule has 0 radical (unpaired) electrons. The van der Waals surface area contributed by atoms with Crippen molar-refractivity contribution >= 4 is 28.7 Å². The molecule has 122 valence electrons.